The van der Waals surface area contributed by atoms with Crippen molar-refractivity contribution in [3.8, 4) is 17.0 Å². The highest BCUT2D eigenvalue weighted by Gasteiger charge is 2.17. The Bertz CT molecular complexity index is 1100. The molecule has 9 heteroatoms. The molecule has 0 saturated heterocycles. The predicted molar refractivity (Wildman–Crippen MR) is 93.0 cm³/mol. The molecule has 0 aliphatic heterocycles. The highest BCUT2D eigenvalue weighted by molar-refractivity contribution is 7.90. The van der Waals surface area contributed by atoms with E-state index in [-0.39, 0.29) is 16.7 Å². The largest absolute Gasteiger partial charge is 0.508 e. The number of aryl methyl sites for hydroxylation is 1. The summed E-state index contributed by atoms with van der Waals surface area (Å²) in [7, 11) is -1.76. The number of amides is 1. The van der Waals surface area contributed by atoms with Gasteiger partial charge < -0.3 is 15.0 Å². The number of carbonyl (C=O) groups is 1. The lowest BCUT2D eigenvalue weighted by Crippen LogP contribution is -2.07. The fourth-order valence-electron chi connectivity index (χ4n) is 2.55. The van der Waals surface area contributed by atoms with Gasteiger partial charge >= 0.3 is 0 Å². The van der Waals surface area contributed by atoms with Gasteiger partial charge in [-0.05, 0) is 6.07 Å². The van der Waals surface area contributed by atoms with E-state index < -0.39 is 9.84 Å². The molecule has 3 aromatic heterocycles. The van der Waals surface area contributed by atoms with E-state index in [1.54, 1.807) is 23.0 Å². The Balaban J connectivity index is 2.25. The smallest absolute Gasteiger partial charge is 0.222 e. The van der Waals surface area contributed by atoms with Crippen LogP contribution >= 0.6 is 0 Å². The van der Waals surface area contributed by atoms with Gasteiger partial charge in [-0.15, -0.1) is 0 Å². The van der Waals surface area contributed by atoms with E-state index >= 15 is 0 Å². The van der Waals surface area contributed by atoms with Crippen LogP contribution in [0.3, 0.4) is 0 Å². The molecular formula is C16H16N4O4S. The number of aromatic hydroxyl groups is 1. The molecule has 3 rings (SSSR count). The Morgan fingerprint density at radius 2 is 2.00 bits per heavy atom. The van der Waals surface area contributed by atoms with Crippen LogP contribution < -0.4 is 5.32 Å². The highest BCUT2D eigenvalue weighted by Crippen LogP contribution is 2.32. The first-order chi connectivity index (χ1) is 11.6. The average Bonchev–Trinajstić information content (AvgIpc) is 2.82. The van der Waals surface area contributed by atoms with Crippen molar-refractivity contribution in [1.29, 1.82) is 0 Å². The zero-order chi connectivity index (χ0) is 18.4. The minimum Gasteiger partial charge on any atom is -0.508 e. The van der Waals surface area contributed by atoms with E-state index in [1.807, 2.05) is 7.05 Å². The topological polar surface area (TPSA) is 114 Å². The van der Waals surface area contributed by atoms with Crippen LogP contribution in [-0.4, -0.2) is 40.2 Å². The molecule has 25 heavy (non-hydrogen) atoms. The summed E-state index contributed by atoms with van der Waals surface area (Å²) in [6.45, 7) is 1.38. The summed E-state index contributed by atoms with van der Waals surface area (Å²) in [5, 5.41) is 13.0. The van der Waals surface area contributed by atoms with Crippen molar-refractivity contribution in [2.75, 3.05) is 11.6 Å². The molecule has 130 valence electrons. The van der Waals surface area contributed by atoms with Crippen LogP contribution in [0.5, 0.6) is 5.75 Å². The molecule has 0 aromatic carbocycles. The number of anilines is 1. The van der Waals surface area contributed by atoms with Crippen molar-refractivity contribution >= 4 is 32.5 Å². The van der Waals surface area contributed by atoms with Crippen LogP contribution in [0.15, 0.2) is 35.6 Å². The van der Waals surface area contributed by atoms with Gasteiger partial charge in [0.2, 0.25) is 5.91 Å². The molecule has 0 spiro atoms. The lowest BCUT2D eigenvalue weighted by molar-refractivity contribution is -0.114. The van der Waals surface area contributed by atoms with Gasteiger partial charge in [-0.2, -0.15) is 0 Å². The second kappa shape index (κ2) is 5.85. The zero-order valence-corrected chi connectivity index (χ0v) is 14.6. The van der Waals surface area contributed by atoms with Crippen molar-refractivity contribution in [2.45, 2.75) is 11.9 Å². The standard InChI is InChI=1S/C16H16N4O4S/c1-9(21)18-15-6-11-12(8-20(2)14(11)7-17-15)13-4-10(22)5-16(19-13)25(3,23)24/h4-8H,1-3H3,(H,19,22)(H,17,18,21). The van der Waals surface area contributed by atoms with Crippen LogP contribution in [0, 0.1) is 0 Å². The molecule has 3 heterocycles. The maximum absolute atomic E-state index is 11.8. The van der Waals surface area contributed by atoms with Crippen molar-refractivity contribution in [2.24, 2.45) is 7.05 Å². The summed E-state index contributed by atoms with van der Waals surface area (Å²) in [6.07, 6.45) is 4.39. The van der Waals surface area contributed by atoms with E-state index in [4.69, 9.17) is 0 Å². The molecule has 1 amide bonds. The number of nitrogens with zero attached hydrogens (tertiary/aromatic N) is 3. The third-order valence-corrected chi connectivity index (χ3v) is 4.59. The Labute approximate surface area is 144 Å². The minimum absolute atomic E-state index is 0.196. The molecule has 0 aliphatic rings. The molecular weight excluding hydrogens is 344 g/mol. The van der Waals surface area contributed by atoms with Gasteiger partial charge in [0, 0.05) is 49.5 Å². The van der Waals surface area contributed by atoms with Crippen LogP contribution in [0.1, 0.15) is 6.92 Å². The fourth-order valence-corrected chi connectivity index (χ4v) is 3.15. The Morgan fingerprint density at radius 3 is 2.64 bits per heavy atom. The van der Waals surface area contributed by atoms with Gasteiger partial charge in [0.05, 0.1) is 17.4 Å². The summed E-state index contributed by atoms with van der Waals surface area (Å²) < 4.78 is 25.4. The number of hydrogen-bond acceptors (Lipinski definition) is 6. The summed E-state index contributed by atoms with van der Waals surface area (Å²) in [6, 6.07) is 4.17. The monoisotopic (exact) mass is 360 g/mol. The average molecular weight is 360 g/mol. The normalized spacial score (nSPS) is 11.6. The van der Waals surface area contributed by atoms with Crippen molar-refractivity contribution < 1.29 is 18.3 Å². The Kier molecular flexibility index (Phi) is 3.96. The first-order valence-corrected chi connectivity index (χ1v) is 9.18. The maximum Gasteiger partial charge on any atom is 0.222 e. The molecule has 0 fully saturated rings. The fraction of sp³-hybridized carbons (Fsp3) is 0.188. The number of sulfone groups is 1. The lowest BCUT2D eigenvalue weighted by Gasteiger charge is -2.05. The zero-order valence-electron chi connectivity index (χ0n) is 13.8. The van der Waals surface area contributed by atoms with Crippen molar-refractivity contribution in [1.82, 2.24) is 14.5 Å². The number of fused-ring (bicyclic) bond motifs is 1. The SMILES string of the molecule is CC(=O)Nc1cc2c(-c3cc(O)cc(S(C)(=O)=O)n3)cn(C)c2cn1. The number of pyridine rings is 2. The summed E-state index contributed by atoms with van der Waals surface area (Å²) in [4.78, 5) is 19.6. The molecule has 3 aromatic rings. The Hall–Kier alpha value is -2.94. The molecule has 2 N–H and O–H groups in total. The number of aromatic nitrogens is 3. The van der Waals surface area contributed by atoms with E-state index in [2.05, 4.69) is 15.3 Å². The quantitative estimate of drug-likeness (QED) is 0.735. The summed E-state index contributed by atoms with van der Waals surface area (Å²) in [5.41, 5.74) is 1.70. The van der Waals surface area contributed by atoms with Crippen LogP contribution in [0.2, 0.25) is 0 Å². The summed E-state index contributed by atoms with van der Waals surface area (Å²) >= 11 is 0. The van der Waals surface area contributed by atoms with E-state index in [1.165, 1.54) is 13.0 Å². The molecule has 0 bridgehead atoms. The summed E-state index contributed by atoms with van der Waals surface area (Å²) in [5.74, 6) is -0.0753. The molecule has 0 saturated carbocycles. The van der Waals surface area contributed by atoms with Gasteiger partial charge in [-0.1, -0.05) is 0 Å². The Morgan fingerprint density at radius 1 is 1.28 bits per heavy atom. The second-order valence-corrected chi connectivity index (χ2v) is 7.71. The van der Waals surface area contributed by atoms with E-state index in [0.29, 0.717) is 17.1 Å². The third-order valence-electron chi connectivity index (χ3n) is 3.62. The first kappa shape index (κ1) is 16.9. The second-order valence-electron chi connectivity index (χ2n) is 5.74. The molecule has 0 unspecified atom stereocenters. The minimum atomic E-state index is -3.57. The van der Waals surface area contributed by atoms with Crippen molar-refractivity contribution in [3.63, 3.8) is 0 Å². The van der Waals surface area contributed by atoms with Crippen LogP contribution in [0.4, 0.5) is 5.82 Å². The number of hydrogen-bond donors (Lipinski definition) is 2. The molecule has 0 atom stereocenters. The molecule has 0 radical (unpaired) electrons. The first-order valence-electron chi connectivity index (χ1n) is 7.29. The van der Waals surface area contributed by atoms with Gasteiger partial charge in [0.25, 0.3) is 0 Å². The van der Waals surface area contributed by atoms with Gasteiger partial charge in [0.1, 0.15) is 11.6 Å². The third kappa shape index (κ3) is 3.31. The molecule has 8 nitrogen and oxygen atoms in total. The van der Waals surface area contributed by atoms with Crippen LogP contribution in [-0.2, 0) is 21.7 Å². The van der Waals surface area contributed by atoms with Gasteiger partial charge in [-0.3, -0.25) is 4.79 Å². The van der Waals surface area contributed by atoms with E-state index in [0.717, 1.165) is 23.2 Å². The van der Waals surface area contributed by atoms with Gasteiger partial charge in [-0.25, -0.2) is 18.4 Å². The van der Waals surface area contributed by atoms with Crippen molar-refractivity contribution in [3.05, 3.63) is 30.6 Å². The highest BCUT2D eigenvalue weighted by atomic mass is 32.2. The lowest BCUT2D eigenvalue weighted by atomic mass is 10.1. The number of rotatable bonds is 3. The number of carbonyl (C=O) groups excluding carboxylic acids is 1. The molecule has 0 aliphatic carbocycles. The van der Waals surface area contributed by atoms with E-state index in [9.17, 15) is 18.3 Å². The maximum atomic E-state index is 11.8. The van der Waals surface area contributed by atoms with Gasteiger partial charge in [0.15, 0.2) is 14.9 Å². The number of nitrogens with one attached hydrogen (secondary N) is 1. The predicted octanol–water partition coefficient (Wildman–Crippen LogP) is 1.70. The van der Waals surface area contributed by atoms with Crippen LogP contribution in [0.25, 0.3) is 22.2 Å².